The zero-order valence-corrected chi connectivity index (χ0v) is 12.4. The molecule has 0 radical (unpaired) electrons. The smallest absolute Gasteiger partial charge is 0.416 e. The van der Waals surface area contributed by atoms with Gasteiger partial charge >= 0.3 is 6.18 Å². The molecule has 0 saturated carbocycles. The molecule has 0 amide bonds. The Hall–Kier alpha value is -2.49. The minimum atomic E-state index is -4.92. The van der Waals surface area contributed by atoms with Gasteiger partial charge in [0.1, 0.15) is 11.6 Å². The normalized spacial score (nSPS) is 11.2. The van der Waals surface area contributed by atoms with Crippen LogP contribution in [0.4, 0.5) is 32.0 Å². The minimum absolute atomic E-state index is 0.0809. The molecule has 128 valence electrons. The highest BCUT2D eigenvalue weighted by Crippen LogP contribution is 2.36. The summed E-state index contributed by atoms with van der Waals surface area (Å²) in [5.41, 5.74) is 3.56. The maximum atomic E-state index is 13.7. The van der Waals surface area contributed by atoms with Gasteiger partial charge in [0.25, 0.3) is 0 Å². The Morgan fingerprint density at radius 3 is 2.04 bits per heavy atom. The Kier molecular flexibility index (Phi) is 4.88. The van der Waals surface area contributed by atoms with Crippen LogP contribution in [0.2, 0.25) is 0 Å². The average Bonchev–Trinajstić information content (AvgIpc) is 2.44. The molecule has 0 heterocycles. The standard InChI is InChI=1S/C14H8F6N2OS/c15-8-5-7(1-2-11(8)22-13(21)24)23-12-9(16)3-6(4-10(12)17)14(18,19)20/h1-5H,(H3,21,22,24). The number of nitrogens with two attached hydrogens (primary N) is 1. The van der Waals surface area contributed by atoms with Crippen molar-refractivity contribution < 1.29 is 31.1 Å². The van der Waals surface area contributed by atoms with Crippen LogP contribution in [0.5, 0.6) is 11.5 Å². The second kappa shape index (κ2) is 6.56. The summed E-state index contributed by atoms with van der Waals surface area (Å²) >= 11 is 4.53. The molecular weight excluding hydrogens is 358 g/mol. The van der Waals surface area contributed by atoms with Crippen LogP contribution in [0.25, 0.3) is 0 Å². The van der Waals surface area contributed by atoms with Gasteiger partial charge in [0, 0.05) is 6.07 Å². The van der Waals surface area contributed by atoms with Gasteiger partial charge in [0.2, 0.25) is 0 Å². The highest BCUT2D eigenvalue weighted by atomic mass is 32.1. The summed E-state index contributed by atoms with van der Waals surface area (Å²) in [7, 11) is 0. The zero-order valence-electron chi connectivity index (χ0n) is 11.5. The van der Waals surface area contributed by atoms with Gasteiger partial charge in [-0.2, -0.15) is 13.2 Å². The van der Waals surface area contributed by atoms with Gasteiger partial charge in [-0.3, -0.25) is 0 Å². The first-order valence-electron chi connectivity index (χ1n) is 6.18. The van der Waals surface area contributed by atoms with E-state index >= 15 is 0 Å². The van der Waals surface area contributed by atoms with Crippen molar-refractivity contribution in [1.82, 2.24) is 0 Å². The van der Waals surface area contributed by atoms with Crippen LogP contribution in [0.15, 0.2) is 30.3 Å². The maximum absolute atomic E-state index is 13.7. The lowest BCUT2D eigenvalue weighted by Gasteiger charge is -2.12. The summed E-state index contributed by atoms with van der Waals surface area (Å²) in [5, 5.41) is 2.11. The molecule has 0 saturated heterocycles. The molecule has 3 N–H and O–H groups in total. The molecule has 2 aromatic carbocycles. The number of nitrogens with one attached hydrogen (secondary N) is 1. The van der Waals surface area contributed by atoms with E-state index in [1.54, 1.807) is 0 Å². The van der Waals surface area contributed by atoms with Gasteiger partial charge in [0.15, 0.2) is 22.5 Å². The number of anilines is 1. The van der Waals surface area contributed by atoms with E-state index in [2.05, 4.69) is 17.5 Å². The lowest BCUT2D eigenvalue weighted by atomic mass is 10.2. The molecule has 3 nitrogen and oxygen atoms in total. The van der Waals surface area contributed by atoms with Crippen LogP contribution in [0.3, 0.4) is 0 Å². The SMILES string of the molecule is NC(=S)Nc1ccc(Oc2c(F)cc(C(F)(F)F)cc2F)cc1F. The van der Waals surface area contributed by atoms with Gasteiger partial charge in [-0.15, -0.1) is 0 Å². The fraction of sp³-hybridized carbons (Fsp3) is 0.0714. The van der Waals surface area contributed by atoms with Gasteiger partial charge < -0.3 is 15.8 Å². The number of thiocarbonyl (C=S) groups is 1. The Bertz CT molecular complexity index is 770. The van der Waals surface area contributed by atoms with Crippen molar-refractivity contribution in [3.8, 4) is 11.5 Å². The lowest BCUT2D eigenvalue weighted by Crippen LogP contribution is -2.19. The van der Waals surface area contributed by atoms with Crippen molar-refractivity contribution in [1.29, 1.82) is 0 Å². The number of alkyl halides is 3. The second-order valence-electron chi connectivity index (χ2n) is 4.50. The molecule has 0 unspecified atom stereocenters. The van der Waals surface area contributed by atoms with E-state index in [0.717, 1.165) is 18.2 Å². The molecule has 2 rings (SSSR count). The van der Waals surface area contributed by atoms with E-state index in [-0.39, 0.29) is 28.7 Å². The van der Waals surface area contributed by atoms with E-state index in [9.17, 15) is 26.3 Å². The predicted octanol–water partition coefficient (Wildman–Crippen LogP) is 4.57. The molecule has 0 aliphatic carbocycles. The molecule has 0 aliphatic rings. The first-order chi connectivity index (χ1) is 11.1. The van der Waals surface area contributed by atoms with Crippen molar-refractivity contribution in [3.05, 3.63) is 53.3 Å². The van der Waals surface area contributed by atoms with Crippen molar-refractivity contribution in [2.45, 2.75) is 6.18 Å². The summed E-state index contributed by atoms with van der Waals surface area (Å²) in [6.07, 6.45) is -4.92. The van der Waals surface area contributed by atoms with E-state index in [1.165, 1.54) is 0 Å². The second-order valence-corrected chi connectivity index (χ2v) is 4.94. The van der Waals surface area contributed by atoms with Crippen molar-refractivity contribution >= 4 is 23.0 Å². The van der Waals surface area contributed by atoms with Gasteiger partial charge in [-0.1, -0.05) is 0 Å². The van der Waals surface area contributed by atoms with Crippen LogP contribution < -0.4 is 15.8 Å². The van der Waals surface area contributed by atoms with Crippen molar-refractivity contribution in [2.75, 3.05) is 5.32 Å². The highest BCUT2D eigenvalue weighted by Gasteiger charge is 2.33. The number of halogens is 6. The van der Waals surface area contributed by atoms with E-state index in [0.29, 0.717) is 0 Å². The van der Waals surface area contributed by atoms with Crippen molar-refractivity contribution in [2.24, 2.45) is 5.73 Å². The fourth-order valence-corrected chi connectivity index (χ4v) is 1.84. The van der Waals surface area contributed by atoms with Crippen LogP contribution in [-0.2, 0) is 6.18 Å². The largest absolute Gasteiger partial charge is 0.451 e. The van der Waals surface area contributed by atoms with E-state index in [1.807, 2.05) is 0 Å². The average molecular weight is 366 g/mol. The van der Waals surface area contributed by atoms with Crippen LogP contribution >= 0.6 is 12.2 Å². The van der Waals surface area contributed by atoms with Crippen LogP contribution in [0.1, 0.15) is 5.56 Å². The first kappa shape index (κ1) is 17.9. The first-order valence-corrected chi connectivity index (χ1v) is 6.59. The molecule has 0 aliphatic heterocycles. The molecule has 10 heteroatoms. The third kappa shape index (κ3) is 4.07. The molecule has 0 atom stereocenters. The summed E-state index contributed by atoms with van der Waals surface area (Å²) in [6.45, 7) is 0. The monoisotopic (exact) mass is 366 g/mol. The quantitative estimate of drug-likeness (QED) is 0.617. The predicted molar refractivity (Wildman–Crippen MR) is 78.2 cm³/mol. The third-order valence-corrected chi connectivity index (χ3v) is 2.85. The molecule has 0 spiro atoms. The number of benzene rings is 2. The van der Waals surface area contributed by atoms with E-state index in [4.69, 9.17) is 10.5 Å². The zero-order chi connectivity index (χ0) is 18.1. The topological polar surface area (TPSA) is 47.3 Å². The highest BCUT2D eigenvalue weighted by molar-refractivity contribution is 7.80. The minimum Gasteiger partial charge on any atom is -0.451 e. The lowest BCUT2D eigenvalue weighted by molar-refractivity contribution is -0.138. The molecule has 0 fully saturated rings. The van der Waals surface area contributed by atoms with Gasteiger partial charge in [-0.25, -0.2) is 13.2 Å². The van der Waals surface area contributed by atoms with Gasteiger partial charge in [0.05, 0.1) is 11.3 Å². The molecule has 24 heavy (non-hydrogen) atoms. The van der Waals surface area contributed by atoms with Gasteiger partial charge in [-0.05, 0) is 36.5 Å². The van der Waals surface area contributed by atoms with E-state index < -0.39 is 34.9 Å². The fourth-order valence-electron chi connectivity index (χ4n) is 1.73. The molecule has 2 aromatic rings. The molecular formula is C14H8F6N2OS. The summed E-state index contributed by atoms with van der Waals surface area (Å²) < 4.78 is 83.3. The number of hydrogen-bond donors (Lipinski definition) is 2. The number of hydrogen-bond acceptors (Lipinski definition) is 2. The third-order valence-electron chi connectivity index (χ3n) is 2.74. The Balaban J connectivity index is 2.32. The summed E-state index contributed by atoms with van der Waals surface area (Å²) in [6, 6.07) is 3.18. The van der Waals surface area contributed by atoms with Crippen LogP contribution in [0, 0.1) is 17.5 Å². The van der Waals surface area contributed by atoms with Crippen LogP contribution in [-0.4, -0.2) is 5.11 Å². The molecule has 0 bridgehead atoms. The molecule has 0 aromatic heterocycles. The Morgan fingerprint density at radius 2 is 1.58 bits per heavy atom. The van der Waals surface area contributed by atoms with Crippen molar-refractivity contribution in [3.63, 3.8) is 0 Å². The number of rotatable bonds is 3. The number of ether oxygens (including phenoxy) is 1. The Morgan fingerprint density at radius 1 is 1.00 bits per heavy atom. The summed E-state index contributed by atoms with van der Waals surface area (Å²) in [5.74, 6) is -5.47. The maximum Gasteiger partial charge on any atom is 0.416 e. The summed E-state index contributed by atoms with van der Waals surface area (Å²) in [4.78, 5) is 0. The Labute approximate surface area is 137 Å².